The van der Waals surface area contributed by atoms with E-state index < -0.39 is 115 Å². The number of fused-ring (bicyclic) bond motifs is 5. The van der Waals surface area contributed by atoms with Crippen molar-refractivity contribution in [3.63, 3.8) is 0 Å². The monoisotopic (exact) mass is 752 g/mol. The van der Waals surface area contributed by atoms with E-state index in [0.717, 1.165) is 0 Å². The summed E-state index contributed by atoms with van der Waals surface area (Å²) in [5.41, 5.74) is 0.00223. The molecular weight excluding hydrogens is 712 g/mol. The van der Waals surface area contributed by atoms with Crippen LogP contribution in [0.3, 0.4) is 0 Å². The van der Waals surface area contributed by atoms with Gasteiger partial charge in [-0.25, -0.2) is 4.79 Å². The van der Waals surface area contributed by atoms with Crippen molar-refractivity contribution in [3.05, 3.63) is 40.5 Å². The Balaban J connectivity index is 1.62. The number of aromatic hydroxyl groups is 2. The van der Waals surface area contributed by atoms with Crippen LogP contribution in [-0.2, 0) is 33.3 Å². The van der Waals surface area contributed by atoms with Crippen molar-refractivity contribution < 1.29 is 93.1 Å². The van der Waals surface area contributed by atoms with Gasteiger partial charge in [-0.1, -0.05) is 0 Å². The maximum Gasteiger partial charge on any atom is 0.335 e. The van der Waals surface area contributed by atoms with Crippen LogP contribution in [0.4, 0.5) is 0 Å². The predicted molar refractivity (Wildman–Crippen MR) is 172 cm³/mol. The molecule has 0 amide bonds. The third kappa shape index (κ3) is 6.26. The third-order valence-electron chi connectivity index (χ3n) is 9.84. The molecule has 0 spiro atoms. The van der Waals surface area contributed by atoms with Crippen molar-refractivity contribution in [2.24, 2.45) is 5.92 Å². The minimum Gasteiger partial charge on any atom is -0.502 e. The number of aliphatic hydroxyl groups is 6. The number of aliphatic hydroxyl groups excluding tert-OH is 6. The van der Waals surface area contributed by atoms with Gasteiger partial charge < -0.3 is 83.5 Å². The number of carbonyl (C=O) groups is 2. The fourth-order valence-corrected chi connectivity index (χ4v) is 7.16. The summed E-state index contributed by atoms with van der Waals surface area (Å²) < 4.78 is 50.3. The van der Waals surface area contributed by atoms with E-state index in [1.807, 2.05) is 0 Å². The summed E-state index contributed by atoms with van der Waals surface area (Å²) in [6.45, 7) is -2.83. The third-order valence-corrected chi connectivity index (χ3v) is 9.84. The Morgan fingerprint density at radius 2 is 1.43 bits per heavy atom. The summed E-state index contributed by atoms with van der Waals surface area (Å²) in [6, 6.07) is 4.04. The molecule has 3 heterocycles. The fourth-order valence-electron chi connectivity index (χ4n) is 7.16. The highest BCUT2D eigenvalue weighted by Gasteiger charge is 2.62. The van der Waals surface area contributed by atoms with Gasteiger partial charge in [0, 0.05) is 11.5 Å². The zero-order valence-corrected chi connectivity index (χ0v) is 28.8. The smallest absolute Gasteiger partial charge is 0.335 e. The van der Waals surface area contributed by atoms with Gasteiger partial charge in [0.15, 0.2) is 35.4 Å². The second-order valence-corrected chi connectivity index (χ2v) is 12.7. The van der Waals surface area contributed by atoms with E-state index in [1.165, 1.54) is 52.7 Å². The second kappa shape index (κ2) is 14.8. The number of phenols is 2. The van der Waals surface area contributed by atoms with E-state index in [4.69, 9.17) is 42.6 Å². The molecular formula is C34H40O19. The first-order chi connectivity index (χ1) is 25.3. The summed E-state index contributed by atoms with van der Waals surface area (Å²) >= 11 is 0. The molecule has 1 aliphatic carbocycles. The molecule has 0 radical (unpaired) electrons. The fraction of sp³-hybridized carbons (Fsp3) is 0.529. The number of benzene rings is 2. The Labute approximate surface area is 301 Å². The number of hydrogen-bond acceptors (Lipinski definition) is 19. The standard InChI is InChI=1S/C34H40O19/c1-45-15-7-13(8-16(46-2)23(15)37)20-21-12(6-17(47-3)25(39)29(21)48-4)5-14-22(20)32(44)49-10-19-24(38)27(41)28(42)33(50-19)53-34(11-36)30(51-31(14)43)26(40)18(9-35)52-34/h5-8,18-20,22,24,26-28,30,33,35-42H,9-11H2,1-4H3/t18-,19-,20+,22+,24-,26-,27+,28-,30+,33-,34+/m1/s1. The summed E-state index contributed by atoms with van der Waals surface area (Å²) in [6.07, 6.45) is -13.5. The highest BCUT2D eigenvalue weighted by atomic mass is 16.8. The zero-order chi connectivity index (χ0) is 38.5. The molecule has 2 aromatic rings. The SMILES string of the molecule is COc1cc([C@H]2c3c(cc(OC)c(O)c3OC)C=C3C(=O)O[C@H]4[C@H](O)[C@@H](CO)O[C@@]4(CO)O[C@H]4O[C@H](COC(=O)[C@@H]32)[C@@H](O)[C@H](O)[C@H]4O)cc(OC)c1O. The largest absolute Gasteiger partial charge is 0.502 e. The van der Waals surface area contributed by atoms with Gasteiger partial charge in [0.1, 0.15) is 55.8 Å². The lowest BCUT2D eigenvalue weighted by Gasteiger charge is -2.43. The van der Waals surface area contributed by atoms with Gasteiger partial charge >= 0.3 is 11.9 Å². The number of phenolic OH excluding ortho intramolecular Hbond substituents is 2. The molecule has 2 aromatic carbocycles. The van der Waals surface area contributed by atoms with E-state index in [1.54, 1.807) is 0 Å². The molecule has 0 unspecified atom stereocenters. The van der Waals surface area contributed by atoms with Gasteiger partial charge in [0.05, 0.1) is 40.6 Å². The van der Waals surface area contributed by atoms with Crippen LogP contribution in [-0.4, -0.2) is 156 Å². The van der Waals surface area contributed by atoms with Crippen LogP contribution in [0.25, 0.3) is 6.08 Å². The Morgan fingerprint density at radius 1 is 0.792 bits per heavy atom. The van der Waals surface area contributed by atoms with Crippen LogP contribution in [0.15, 0.2) is 23.8 Å². The van der Waals surface area contributed by atoms with E-state index in [9.17, 15) is 50.4 Å². The Bertz CT molecular complexity index is 1740. The molecule has 3 fully saturated rings. The van der Waals surface area contributed by atoms with E-state index in [0.29, 0.717) is 0 Å². The molecule has 19 nitrogen and oxygen atoms in total. The van der Waals surface area contributed by atoms with Crippen LogP contribution in [0.5, 0.6) is 34.5 Å². The molecule has 3 aliphatic heterocycles. The van der Waals surface area contributed by atoms with Crippen molar-refractivity contribution in [2.75, 3.05) is 48.3 Å². The molecule has 0 saturated carbocycles. The molecule has 290 valence electrons. The number of ether oxygens (including phenoxy) is 9. The zero-order valence-electron chi connectivity index (χ0n) is 28.8. The van der Waals surface area contributed by atoms with Crippen molar-refractivity contribution >= 4 is 18.0 Å². The number of rotatable bonds is 7. The van der Waals surface area contributed by atoms with Gasteiger partial charge in [-0.3, -0.25) is 4.79 Å². The molecule has 6 rings (SSSR count). The van der Waals surface area contributed by atoms with Gasteiger partial charge in [-0.05, 0) is 35.4 Å². The summed E-state index contributed by atoms with van der Waals surface area (Å²) in [5.74, 6) is -9.46. The molecule has 11 atom stereocenters. The van der Waals surface area contributed by atoms with Crippen LogP contribution in [0.2, 0.25) is 0 Å². The first-order valence-electron chi connectivity index (χ1n) is 16.3. The predicted octanol–water partition coefficient (Wildman–Crippen LogP) is -1.99. The average Bonchev–Trinajstić information content (AvgIpc) is 3.42. The lowest BCUT2D eigenvalue weighted by Crippen LogP contribution is -2.63. The molecule has 2 bridgehead atoms. The van der Waals surface area contributed by atoms with Crippen molar-refractivity contribution in [1.29, 1.82) is 0 Å². The molecule has 0 aromatic heterocycles. The summed E-state index contributed by atoms with van der Waals surface area (Å²) in [4.78, 5) is 28.9. The highest BCUT2D eigenvalue weighted by Crippen LogP contribution is 2.55. The lowest BCUT2D eigenvalue weighted by atomic mass is 9.70. The maximum absolute atomic E-state index is 14.5. The lowest BCUT2D eigenvalue weighted by molar-refractivity contribution is -0.383. The highest BCUT2D eigenvalue weighted by molar-refractivity contribution is 6.02. The maximum atomic E-state index is 14.5. The van der Waals surface area contributed by atoms with Crippen LogP contribution in [0.1, 0.15) is 22.6 Å². The van der Waals surface area contributed by atoms with Crippen molar-refractivity contribution in [3.8, 4) is 34.5 Å². The average molecular weight is 753 g/mol. The van der Waals surface area contributed by atoms with Gasteiger partial charge in [0.2, 0.25) is 17.3 Å². The van der Waals surface area contributed by atoms with Crippen molar-refractivity contribution in [1.82, 2.24) is 0 Å². The topological polar surface area (TPSA) is 279 Å². The quantitative estimate of drug-likeness (QED) is 0.142. The first-order valence-corrected chi connectivity index (χ1v) is 16.3. The van der Waals surface area contributed by atoms with Crippen LogP contribution >= 0.6 is 0 Å². The van der Waals surface area contributed by atoms with Crippen LogP contribution < -0.4 is 18.9 Å². The molecule has 4 aliphatic rings. The van der Waals surface area contributed by atoms with E-state index >= 15 is 0 Å². The number of methoxy groups -OCH3 is 4. The molecule has 8 N–H and O–H groups in total. The van der Waals surface area contributed by atoms with E-state index in [2.05, 4.69) is 0 Å². The van der Waals surface area contributed by atoms with Gasteiger partial charge in [-0.15, -0.1) is 0 Å². The second-order valence-electron chi connectivity index (χ2n) is 12.7. The number of esters is 2. The van der Waals surface area contributed by atoms with E-state index in [-0.39, 0.29) is 39.7 Å². The number of hydrogen-bond donors (Lipinski definition) is 8. The molecule has 19 heteroatoms. The minimum atomic E-state index is -2.54. The normalized spacial score (nSPS) is 34.0. The Morgan fingerprint density at radius 3 is 2.02 bits per heavy atom. The first kappa shape index (κ1) is 38.3. The van der Waals surface area contributed by atoms with Crippen LogP contribution in [0, 0.1) is 5.92 Å². The number of carbonyl (C=O) groups excluding carboxylic acids is 2. The Hall–Kier alpha value is -4.44. The van der Waals surface area contributed by atoms with Gasteiger partial charge in [0.25, 0.3) is 0 Å². The Kier molecular flexibility index (Phi) is 10.7. The molecule has 3 saturated heterocycles. The summed E-state index contributed by atoms with van der Waals surface area (Å²) in [7, 11) is 5.04. The minimum absolute atomic E-state index is 0.0928. The molecule has 53 heavy (non-hydrogen) atoms. The number of cyclic esters (lactones) is 1. The summed E-state index contributed by atoms with van der Waals surface area (Å²) in [5, 5.41) is 86.1. The van der Waals surface area contributed by atoms with Crippen molar-refractivity contribution in [2.45, 2.75) is 60.7 Å². The van der Waals surface area contributed by atoms with Gasteiger partial charge in [-0.2, -0.15) is 0 Å².